The van der Waals surface area contributed by atoms with Gasteiger partial charge in [-0.3, -0.25) is 14.8 Å². The topological polar surface area (TPSA) is 88.5 Å². The van der Waals surface area contributed by atoms with Gasteiger partial charge in [0.05, 0.1) is 22.7 Å². The van der Waals surface area contributed by atoms with Crippen molar-refractivity contribution in [2.45, 2.75) is 18.9 Å². The summed E-state index contributed by atoms with van der Waals surface area (Å²) in [6, 6.07) is 6.04. The Morgan fingerprint density at radius 3 is 2.45 bits per heavy atom. The largest absolute Gasteiger partial charge is 0.435 e. The molecule has 152 valence electrons. The maximum Gasteiger partial charge on any atom is 0.435 e. The van der Waals surface area contributed by atoms with E-state index in [1.165, 1.54) is 12.1 Å². The van der Waals surface area contributed by atoms with Crippen molar-refractivity contribution in [3.63, 3.8) is 0 Å². The Labute approximate surface area is 158 Å². The van der Waals surface area contributed by atoms with Gasteiger partial charge in [-0.25, -0.2) is 4.98 Å². The highest BCUT2D eigenvalue weighted by molar-refractivity contribution is 6.03. The summed E-state index contributed by atoms with van der Waals surface area (Å²) in [5.74, 6) is -1.66. The zero-order valence-electron chi connectivity index (χ0n) is 14.4. The Hall–Kier alpha value is -3.56. The van der Waals surface area contributed by atoms with E-state index in [-0.39, 0.29) is 16.6 Å². The highest BCUT2D eigenvalue weighted by Gasteiger charge is 2.36. The molecule has 13 heteroatoms. The molecule has 1 aromatic carbocycles. The van der Waals surface area contributed by atoms with Crippen LogP contribution in [0.25, 0.3) is 11.0 Å². The predicted molar refractivity (Wildman–Crippen MR) is 86.7 cm³/mol. The number of rotatable bonds is 3. The second kappa shape index (κ2) is 6.80. The van der Waals surface area contributed by atoms with E-state index in [0.717, 1.165) is 13.1 Å². The average Bonchev–Trinajstić information content (AvgIpc) is 3.14. The molecule has 1 amide bonds. The van der Waals surface area contributed by atoms with E-state index < -0.39 is 42.1 Å². The third-order valence-electron chi connectivity index (χ3n) is 3.84. The molecular weight excluding hydrogens is 406 g/mol. The molecule has 0 saturated carbocycles. The fourth-order valence-electron chi connectivity index (χ4n) is 2.61. The van der Waals surface area contributed by atoms with Gasteiger partial charge in [-0.05, 0) is 18.2 Å². The van der Waals surface area contributed by atoms with Crippen LogP contribution in [0.5, 0.6) is 0 Å². The van der Waals surface area contributed by atoms with Gasteiger partial charge in [0.2, 0.25) is 5.95 Å². The molecule has 0 fully saturated rings. The molecule has 3 rings (SSSR count). The first-order valence-corrected chi connectivity index (χ1v) is 7.79. The number of nitrogens with one attached hydrogen (secondary N) is 1. The van der Waals surface area contributed by atoms with Gasteiger partial charge in [0, 0.05) is 13.1 Å². The first-order valence-electron chi connectivity index (χ1n) is 7.79. The second-order valence-electron chi connectivity index (χ2n) is 5.94. The number of benzene rings is 1. The Morgan fingerprint density at radius 1 is 1.21 bits per heavy atom. The predicted octanol–water partition coefficient (Wildman–Crippen LogP) is 3.47. The van der Waals surface area contributed by atoms with Crippen molar-refractivity contribution in [2.24, 2.45) is 7.05 Å². The zero-order valence-corrected chi connectivity index (χ0v) is 14.4. The molecule has 0 unspecified atom stereocenters. The third kappa shape index (κ3) is 4.15. The molecule has 3 aromatic rings. The van der Waals surface area contributed by atoms with Crippen molar-refractivity contribution >= 4 is 22.9 Å². The van der Waals surface area contributed by atoms with Crippen LogP contribution in [0.2, 0.25) is 0 Å². The molecule has 0 aliphatic carbocycles. The summed E-state index contributed by atoms with van der Waals surface area (Å²) >= 11 is 0. The highest BCUT2D eigenvalue weighted by atomic mass is 19.4. The number of carbonyl (C=O) groups is 1. The Kier molecular flexibility index (Phi) is 4.73. The minimum atomic E-state index is -4.80. The number of hydrogen-bond donors (Lipinski definition) is 1. The fraction of sp³-hybridized carbons (Fsp3) is 0.250. The molecule has 0 atom stereocenters. The van der Waals surface area contributed by atoms with Gasteiger partial charge >= 0.3 is 12.4 Å². The van der Waals surface area contributed by atoms with E-state index in [1.807, 2.05) is 0 Å². The molecule has 2 aromatic heterocycles. The lowest BCUT2D eigenvalue weighted by molar-refractivity contribution is -0.141. The quantitative estimate of drug-likeness (QED) is 0.663. The van der Waals surface area contributed by atoms with Gasteiger partial charge in [0.1, 0.15) is 12.2 Å². The summed E-state index contributed by atoms with van der Waals surface area (Å²) in [6.07, 6.45) is -9.49. The number of fused-ring (bicyclic) bond motifs is 1. The summed E-state index contributed by atoms with van der Waals surface area (Å²) in [6.45, 7) is -1.53. The zero-order chi connectivity index (χ0) is 21.6. The summed E-state index contributed by atoms with van der Waals surface area (Å²) in [7, 11) is 1.09. The van der Waals surface area contributed by atoms with Crippen LogP contribution in [0.3, 0.4) is 0 Å². The number of nitriles is 1. The number of hydrogen-bond acceptors (Lipinski definition) is 4. The number of halogens is 6. The number of anilines is 1. The Morgan fingerprint density at radius 2 is 1.90 bits per heavy atom. The maximum atomic E-state index is 13.0. The van der Waals surface area contributed by atoms with Crippen LogP contribution in [-0.4, -0.2) is 31.4 Å². The molecule has 0 aliphatic rings. The van der Waals surface area contributed by atoms with Gasteiger partial charge in [-0.2, -0.15) is 36.7 Å². The first kappa shape index (κ1) is 20.2. The smallest absolute Gasteiger partial charge is 0.301 e. The standard InChI is InChI=1S/C16H10F6N6O/c1-27-11(5-12(26-27)16(20,21)22)13(29)25-14-24-9-3-2-8(6-23)4-10(9)28(14)7-15(17,18)19/h2-5H,7H2,1H3,(H,24,25,29). The lowest BCUT2D eigenvalue weighted by atomic mass is 10.2. The van der Waals surface area contributed by atoms with Crippen LogP contribution in [0.4, 0.5) is 32.3 Å². The normalized spacial score (nSPS) is 12.2. The minimum Gasteiger partial charge on any atom is -0.301 e. The van der Waals surface area contributed by atoms with Gasteiger partial charge in [-0.15, -0.1) is 0 Å². The number of imidazole rings is 1. The van der Waals surface area contributed by atoms with Crippen molar-refractivity contribution in [3.8, 4) is 6.07 Å². The van der Waals surface area contributed by atoms with E-state index >= 15 is 0 Å². The second-order valence-corrected chi connectivity index (χ2v) is 5.94. The molecule has 0 radical (unpaired) electrons. The first-order chi connectivity index (χ1) is 13.4. The van der Waals surface area contributed by atoms with Crippen molar-refractivity contribution in [1.29, 1.82) is 5.26 Å². The van der Waals surface area contributed by atoms with E-state index in [9.17, 15) is 31.1 Å². The van der Waals surface area contributed by atoms with Gasteiger partial charge in [0.25, 0.3) is 5.91 Å². The number of nitrogens with zero attached hydrogens (tertiary/aromatic N) is 5. The van der Waals surface area contributed by atoms with Crippen LogP contribution in [0.15, 0.2) is 24.3 Å². The van der Waals surface area contributed by atoms with Crippen LogP contribution >= 0.6 is 0 Å². The average molecular weight is 416 g/mol. The van der Waals surface area contributed by atoms with Crippen molar-refractivity contribution in [2.75, 3.05) is 5.32 Å². The highest BCUT2D eigenvalue weighted by Crippen LogP contribution is 2.29. The SMILES string of the molecule is Cn1nc(C(F)(F)F)cc1C(=O)Nc1nc2ccc(C#N)cc2n1CC(F)(F)F. The summed E-state index contributed by atoms with van der Waals surface area (Å²) in [5, 5.41) is 14.2. The molecule has 0 bridgehead atoms. The van der Waals surface area contributed by atoms with Gasteiger partial charge < -0.3 is 4.57 Å². The molecule has 0 spiro atoms. The van der Waals surface area contributed by atoms with Crippen LogP contribution in [-0.2, 0) is 19.8 Å². The molecule has 2 heterocycles. The van der Waals surface area contributed by atoms with E-state index in [1.54, 1.807) is 6.07 Å². The van der Waals surface area contributed by atoms with Crippen molar-refractivity contribution < 1.29 is 31.1 Å². The summed E-state index contributed by atoms with van der Waals surface area (Å²) in [4.78, 5) is 16.3. The monoisotopic (exact) mass is 416 g/mol. The molecular formula is C16H10F6N6O. The number of alkyl halides is 6. The molecule has 7 nitrogen and oxygen atoms in total. The molecule has 0 saturated heterocycles. The van der Waals surface area contributed by atoms with Gasteiger partial charge in [0.15, 0.2) is 5.69 Å². The van der Waals surface area contributed by atoms with Crippen LogP contribution in [0.1, 0.15) is 21.7 Å². The third-order valence-corrected chi connectivity index (χ3v) is 3.84. The number of aryl methyl sites for hydroxylation is 1. The fourth-order valence-corrected chi connectivity index (χ4v) is 2.61. The van der Waals surface area contributed by atoms with E-state index in [4.69, 9.17) is 5.26 Å². The Balaban J connectivity index is 2.03. The molecule has 1 N–H and O–H groups in total. The number of carbonyl (C=O) groups excluding carboxylic acids is 1. The van der Waals surface area contributed by atoms with E-state index in [2.05, 4.69) is 15.4 Å². The lowest BCUT2D eigenvalue weighted by Crippen LogP contribution is -2.23. The van der Waals surface area contributed by atoms with E-state index in [0.29, 0.717) is 15.3 Å². The van der Waals surface area contributed by atoms with Crippen LogP contribution in [0, 0.1) is 11.3 Å². The van der Waals surface area contributed by atoms with Gasteiger partial charge in [-0.1, -0.05) is 0 Å². The molecule has 0 aliphatic heterocycles. The van der Waals surface area contributed by atoms with Crippen LogP contribution < -0.4 is 5.32 Å². The minimum absolute atomic E-state index is 0.0598. The molecule has 29 heavy (non-hydrogen) atoms. The maximum absolute atomic E-state index is 13.0. The number of amides is 1. The van der Waals surface area contributed by atoms with Crippen molar-refractivity contribution in [1.82, 2.24) is 19.3 Å². The Bertz CT molecular complexity index is 1130. The summed E-state index contributed by atoms with van der Waals surface area (Å²) in [5.41, 5.74) is -1.80. The number of aromatic nitrogens is 4. The van der Waals surface area contributed by atoms with Crippen molar-refractivity contribution in [3.05, 3.63) is 41.2 Å². The summed E-state index contributed by atoms with van der Waals surface area (Å²) < 4.78 is 78.6. The lowest BCUT2D eigenvalue weighted by Gasteiger charge is -2.12.